The van der Waals surface area contributed by atoms with E-state index in [1.54, 1.807) is 24.4 Å². The van der Waals surface area contributed by atoms with Gasteiger partial charge in [0.25, 0.3) is 0 Å². The van der Waals surface area contributed by atoms with Crippen molar-refractivity contribution in [1.29, 1.82) is 0 Å². The molecule has 1 aliphatic rings. The molecule has 1 N–H and O–H groups in total. The minimum absolute atomic E-state index is 0.0369. The number of hydrogen-bond acceptors (Lipinski definition) is 6. The lowest BCUT2D eigenvalue weighted by Crippen LogP contribution is -2.40. The molecule has 2 aromatic heterocycles. The molecule has 0 saturated carbocycles. The highest BCUT2D eigenvalue weighted by molar-refractivity contribution is 7.89. The van der Waals surface area contributed by atoms with Crippen LogP contribution in [-0.2, 0) is 21.4 Å². The topological polar surface area (TPSA) is 110 Å². The number of carbonyl (C=O) groups is 1. The Bertz CT molecular complexity index is 1110. The third-order valence-electron chi connectivity index (χ3n) is 4.60. The van der Waals surface area contributed by atoms with Gasteiger partial charge in [-0.25, -0.2) is 18.1 Å². The Labute approximate surface area is 166 Å². The van der Waals surface area contributed by atoms with Gasteiger partial charge in [0, 0.05) is 42.3 Å². The Morgan fingerprint density at radius 2 is 2.14 bits per heavy atom. The van der Waals surface area contributed by atoms with E-state index < -0.39 is 10.0 Å². The van der Waals surface area contributed by atoms with Gasteiger partial charge in [-0.1, -0.05) is 23.7 Å². The molecule has 1 saturated heterocycles. The molecule has 1 aliphatic heterocycles. The molecule has 0 aliphatic carbocycles. The summed E-state index contributed by atoms with van der Waals surface area (Å²) in [5.74, 6) is -0.242. The zero-order chi connectivity index (χ0) is 19.7. The van der Waals surface area contributed by atoms with Gasteiger partial charge in [-0.2, -0.15) is 9.40 Å². The molecule has 1 amide bonds. The summed E-state index contributed by atoms with van der Waals surface area (Å²) >= 11 is 6.22. The van der Waals surface area contributed by atoms with Crippen LogP contribution in [0.5, 0.6) is 0 Å². The van der Waals surface area contributed by atoms with E-state index in [2.05, 4.69) is 20.4 Å². The van der Waals surface area contributed by atoms with Gasteiger partial charge >= 0.3 is 0 Å². The summed E-state index contributed by atoms with van der Waals surface area (Å²) in [5.41, 5.74) is 0. The summed E-state index contributed by atoms with van der Waals surface area (Å²) in [7, 11) is -3.76. The van der Waals surface area contributed by atoms with Crippen LogP contribution in [0.4, 0.5) is 0 Å². The number of benzene rings is 1. The molecule has 9 nitrogen and oxygen atoms in total. The molecule has 0 spiro atoms. The Balaban J connectivity index is 1.51. The zero-order valence-electron chi connectivity index (χ0n) is 14.7. The number of halogens is 1. The van der Waals surface area contributed by atoms with Crippen molar-refractivity contribution in [2.24, 2.45) is 0 Å². The zero-order valence-corrected chi connectivity index (χ0v) is 16.3. The lowest BCUT2D eigenvalue weighted by Gasteiger charge is -2.18. The summed E-state index contributed by atoms with van der Waals surface area (Å²) in [6.07, 6.45) is 6.34. The Morgan fingerprint density at radius 3 is 2.93 bits per heavy atom. The minimum Gasteiger partial charge on any atom is -0.350 e. The third kappa shape index (κ3) is 3.58. The van der Waals surface area contributed by atoms with Crippen molar-refractivity contribution < 1.29 is 13.2 Å². The van der Waals surface area contributed by atoms with Crippen LogP contribution >= 0.6 is 11.6 Å². The van der Waals surface area contributed by atoms with Gasteiger partial charge in [0.15, 0.2) is 0 Å². The molecule has 4 rings (SSSR count). The Morgan fingerprint density at radius 1 is 1.29 bits per heavy atom. The molecule has 11 heteroatoms. The van der Waals surface area contributed by atoms with Gasteiger partial charge in [-0.15, -0.1) is 0 Å². The maximum Gasteiger partial charge on any atom is 0.243 e. The van der Waals surface area contributed by atoms with Crippen molar-refractivity contribution in [1.82, 2.24) is 29.4 Å². The summed E-state index contributed by atoms with van der Waals surface area (Å²) in [6.45, 7) is 0.551. The number of fused-ring (bicyclic) bond motifs is 1. The van der Waals surface area contributed by atoms with Gasteiger partial charge in [0.2, 0.25) is 15.9 Å². The highest BCUT2D eigenvalue weighted by Gasteiger charge is 2.34. The fraction of sp³-hybridized carbons (Fsp3) is 0.294. The second-order valence-electron chi connectivity index (χ2n) is 6.48. The van der Waals surface area contributed by atoms with E-state index in [1.165, 1.54) is 27.8 Å². The van der Waals surface area contributed by atoms with Crippen molar-refractivity contribution in [2.75, 3.05) is 13.1 Å². The van der Waals surface area contributed by atoms with Crippen molar-refractivity contribution in [2.45, 2.75) is 23.9 Å². The van der Waals surface area contributed by atoms with E-state index in [-0.39, 0.29) is 35.0 Å². The molecule has 1 fully saturated rings. The number of sulfonamides is 1. The van der Waals surface area contributed by atoms with E-state index in [9.17, 15) is 13.2 Å². The Hall–Kier alpha value is -2.56. The number of amides is 1. The summed E-state index contributed by atoms with van der Waals surface area (Å²) in [6, 6.07) is 4.71. The standard InChI is InChI=1S/C17H17ClN6O3S/c18-14-7-19-6-12-2-1-3-15(17(12)14)28(26,27)24-5-4-13(8-24)22-16(25)9-23-11-20-10-21-23/h1-3,6-7,10-11,13H,4-5,8-9H2,(H,22,25)/t13-/m0/s1. The molecule has 28 heavy (non-hydrogen) atoms. The predicted octanol–water partition coefficient (Wildman–Crippen LogP) is 1.06. The van der Waals surface area contributed by atoms with Crippen LogP contribution in [0.15, 0.2) is 48.1 Å². The largest absolute Gasteiger partial charge is 0.350 e. The predicted molar refractivity (Wildman–Crippen MR) is 102 cm³/mol. The lowest BCUT2D eigenvalue weighted by molar-refractivity contribution is -0.122. The molecular formula is C17H17ClN6O3S. The number of carbonyl (C=O) groups excluding carboxylic acids is 1. The molecule has 0 radical (unpaired) electrons. The highest BCUT2D eigenvalue weighted by Crippen LogP contribution is 2.32. The molecule has 0 bridgehead atoms. The van der Waals surface area contributed by atoms with Gasteiger partial charge in [0.1, 0.15) is 19.2 Å². The first-order chi connectivity index (χ1) is 13.4. The minimum atomic E-state index is -3.76. The van der Waals surface area contributed by atoms with E-state index in [0.29, 0.717) is 23.7 Å². The molecule has 146 valence electrons. The SMILES string of the molecule is O=C(Cn1cncn1)N[C@H]1CCN(S(=O)(=O)c2cccc3cncc(Cl)c23)C1. The van der Waals surface area contributed by atoms with Gasteiger partial charge in [-0.05, 0) is 12.5 Å². The van der Waals surface area contributed by atoms with Gasteiger partial charge < -0.3 is 5.32 Å². The number of nitrogens with one attached hydrogen (secondary N) is 1. The summed E-state index contributed by atoms with van der Waals surface area (Å²) in [5, 5.41) is 8.13. The number of nitrogens with zero attached hydrogens (tertiary/aromatic N) is 5. The second kappa shape index (κ2) is 7.46. The van der Waals surface area contributed by atoms with Gasteiger partial charge in [-0.3, -0.25) is 9.78 Å². The lowest BCUT2D eigenvalue weighted by atomic mass is 10.2. The van der Waals surface area contributed by atoms with Crippen molar-refractivity contribution >= 4 is 38.3 Å². The first kappa shape index (κ1) is 18.8. The third-order valence-corrected chi connectivity index (χ3v) is 6.80. The van der Waals surface area contributed by atoms with Crippen LogP contribution in [0.2, 0.25) is 5.02 Å². The van der Waals surface area contributed by atoms with Crippen molar-refractivity contribution in [3.63, 3.8) is 0 Å². The van der Waals surface area contributed by atoms with Gasteiger partial charge in [0.05, 0.1) is 9.92 Å². The van der Waals surface area contributed by atoms with E-state index in [0.717, 1.165) is 0 Å². The number of pyridine rings is 1. The van der Waals surface area contributed by atoms with Crippen LogP contribution in [0.1, 0.15) is 6.42 Å². The molecule has 0 unspecified atom stereocenters. The first-order valence-electron chi connectivity index (χ1n) is 8.59. The maximum absolute atomic E-state index is 13.2. The summed E-state index contributed by atoms with van der Waals surface area (Å²) < 4.78 is 29.2. The highest BCUT2D eigenvalue weighted by atomic mass is 35.5. The van der Waals surface area contributed by atoms with Crippen LogP contribution in [0, 0.1) is 0 Å². The molecule has 1 atom stereocenters. The summed E-state index contributed by atoms with van der Waals surface area (Å²) in [4.78, 5) is 20.1. The molecular weight excluding hydrogens is 404 g/mol. The molecule has 1 aromatic carbocycles. The molecule has 3 aromatic rings. The smallest absolute Gasteiger partial charge is 0.243 e. The van der Waals surface area contributed by atoms with Crippen LogP contribution in [0.3, 0.4) is 0 Å². The number of rotatable bonds is 5. The van der Waals surface area contributed by atoms with E-state index in [1.807, 2.05) is 0 Å². The number of aromatic nitrogens is 4. The van der Waals surface area contributed by atoms with E-state index >= 15 is 0 Å². The number of hydrogen-bond donors (Lipinski definition) is 1. The molecule has 3 heterocycles. The monoisotopic (exact) mass is 420 g/mol. The first-order valence-corrected chi connectivity index (χ1v) is 10.4. The van der Waals surface area contributed by atoms with Crippen molar-refractivity contribution in [3.05, 3.63) is 48.3 Å². The fourth-order valence-corrected chi connectivity index (χ4v) is 5.37. The maximum atomic E-state index is 13.2. The average Bonchev–Trinajstić information content (AvgIpc) is 3.34. The van der Waals surface area contributed by atoms with E-state index in [4.69, 9.17) is 11.6 Å². The van der Waals surface area contributed by atoms with Crippen LogP contribution in [0.25, 0.3) is 10.8 Å². The Kier molecular flexibility index (Phi) is 5.00. The second-order valence-corrected chi connectivity index (χ2v) is 8.80. The fourth-order valence-electron chi connectivity index (χ4n) is 3.31. The average molecular weight is 421 g/mol. The van der Waals surface area contributed by atoms with Crippen LogP contribution in [-0.4, -0.2) is 57.5 Å². The normalized spacial score (nSPS) is 17.8. The van der Waals surface area contributed by atoms with Crippen LogP contribution < -0.4 is 5.32 Å². The van der Waals surface area contributed by atoms with Crippen molar-refractivity contribution in [3.8, 4) is 0 Å². The quantitative estimate of drug-likeness (QED) is 0.660.